The molecule has 37 heavy (non-hydrogen) atoms. The van der Waals surface area contributed by atoms with Gasteiger partial charge in [-0.1, -0.05) is 6.07 Å². The highest BCUT2D eigenvalue weighted by molar-refractivity contribution is 5.93. The average molecular weight is 513 g/mol. The Balaban J connectivity index is 1.40. The van der Waals surface area contributed by atoms with Crippen molar-refractivity contribution in [3.63, 3.8) is 0 Å². The number of hydrogen-bond acceptors (Lipinski definition) is 7. The van der Waals surface area contributed by atoms with Gasteiger partial charge in [0.1, 0.15) is 11.5 Å². The number of aliphatic hydroxyl groups is 2. The van der Waals surface area contributed by atoms with Gasteiger partial charge in [-0.15, -0.1) is 0 Å². The van der Waals surface area contributed by atoms with Crippen molar-refractivity contribution in [2.24, 2.45) is 0 Å². The lowest BCUT2D eigenvalue weighted by Gasteiger charge is -2.29. The third kappa shape index (κ3) is 5.28. The number of hydrogen-bond donors (Lipinski definition) is 3. The van der Waals surface area contributed by atoms with E-state index in [0.717, 1.165) is 53.4 Å². The molecule has 0 amide bonds. The Hall–Kier alpha value is -3.57. The van der Waals surface area contributed by atoms with E-state index in [1.165, 1.54) is 12.1 Å². The Morgan fingerprint density at radius 3 is 2.76 bits per heavy atom. The predicted molar refractivity (Wildman–Crippen MR) is 134 cm³/mol. The molecule has 3 heterocycles. The molecular weight excluding hydrogens is 482 g/mol. The third-order valence-electron chi connectivity index (χ3n) is 6.66. The summed E-state index contributed by atoms with van der Waals surface area (Å²) in [6.07, 6.45) is 7.06. The van der Waals surface area contributed by atoms with E-state index in [1.807, 2.05) is 17.7 Å². The molecule has 1 saturated carbocycles. The molecule has 1 atom stereocenters. The second-order valence-corrected chi connectivity index (χ2v) is 9.30. The number of rotatable bonds is 9. The topological polar surface area (TPSA) is 110 Å². The van der Waals surface area contributed by atoms with Crippen molar-refractivity contribution >= 4 is 16.7 Å². The van der Waals surface area contributed by atoms with Crippen molar-refractivity contribution in [3.05, 3.63) is 54.5 Å². The van der Waals surface area contributed by atoms with E-state index in [1.54, 1.807) is 23.3 Å². The van der Waals surface area contributed by atoms with Crippen LogP contribution in [0.25, 0.3) is 22.2 Å². The molecule has 1 aromatic carbocycles. The van der Waals surface area contributed by atoms with Crippen LogP contribution in [-0.4, -0.2) is 60.1 Å². The number of anilines is 1. The maximum absolute atomic E-state index is 14.1. The smallest absolute Gasteiger partial charge is 0.200 e. The summed E-state index contributed by atoms with van der Waals surface area (Å²) >= 11 is 0. The Bertz CT molecular complexity index is 1370. The summed E-state index contributed by atoms with van der Waals surface area (Å²) in [4.78, 5) is 4.53. The van der Waals surface area contributed by atoms with E-state index in [0.29, 0.717) is 12.8 Å². The molecule has 1 unspecified atom stereocenters. The second kappa shape index (κ2) is 10.8. The molecule has 5 rings (SSSR count). The molecular formula is C26H30F2N6O3. The SMILES string of the molecule is CCNc1cc2c(cn1)c(-c1cnn(CC(O)CO)c1)nn2C1CCC(Oc2cccc(F)c2F)CC1. The van der Waals surface area contributed by atoms with Crippen molar-refractivity contribution in [1.82, 2.24) is 24.5 Å². The first kappa shape index (κ1) is 25.1. The van der Waals surface area contributed by atoms with Gasteiger partial charge >= 0.3 is 0 Å². The molecule has 0 saturated heterocycles. The zero-order chi connectivity index (χ0) is 25.9. The second-order valence-electron chi connectivity index (χ2n) is 9.30. The number of ether oxygens (including phenoxy) is 1. The third-order valence-corrected chi connectivity index (χ3v) is 6.66. The van der Waals surface area contributed by atoms with E-state index < -0.39 is 17.7 Å². The van der Waals surface area contributed by atoms with Crippen LogP contribution >= 0.6 is 0 Å². The lowest BCUT2D eigenvalue weighted by molar-refractivity contribution is 0.0783. The van der Waals surface area contributed by atoms with Gasteiger partial charge in [-0.3, -0.25) is 9.36 Å². The van der Waals surface area contributed by atoms with Crippen LogP contribution in [0.1, 0.15) is 38.6 Å². The molecule has 3 aromatic heterocycles. The first-order chi connectivity index (χ1) is 18.0. The van der Waals surface area contributed by atoms with Crippen LogP contribution < -0.4 is 10.1 Å². The van der Waals surface area contributed by atoms with Gasteiger partial charge in [0.2, 0.25) is 5.82 Å². The summed E-state index contributed by atoms with van der Waals surface area (Å²) in [5.74, 6) is -1.17. The van der Waals surface area contributed by atoms with Gasteiger partial charge in [0.05, 0.1) is 43.1 Å². The summed E-state index contributed by atoms with van der Waals surface area (Å²) < 4.78 is 37.0. The van der Waals surface area contributed by atoms with Gasteiger partial charge in [0.25, 0.3) is 0 Å². The van der Waals surface area contributed by atoms with Gasteiger partial charge in [0, 0.05) is 36.0 Å². The molecule has 1 fully saturated rings. The number of benzene rings is 1. The van der Waals surface area contributed by atoms with Crippen LogP contribution in [0.15, 0.2) is 42.9 Å². The molecule has 9 nitrogen and oxygen atoms in total. The largest absolute Gasteiger partial charge is 0.487 e. The number of pyridine rings is 1. The summed E-state index contributed by atoms with van der Waals surface area (Å²) in [6, 6.07) is 6.05. The molecule has 3 N–H and O–H groups in total. The van der Waals surface area contributed by atoms with Crippen LogP contribution in [0.4, 0.5) is 14.6 Å². The van der Waals surface area contributed by atoms with Crippen molar-refractivity contribution in [3.8, 4) is 17.0 Å². The standard InChI is InChI=1S/C26H30F2N6O3/c1-2-29-24-10-22-20(12-30-24)26(16-11-31-33(13-16)14-18(36)15-35)32-34(22)17-6-8-19(9-7-17)37-23-5-3-4-21(27)25(23)28/h3-5,10-13,17-19,35-36H,2,6-9,14-15H2,1H3,(H,29,30). The van der Waals surface area contributed by atoms with Gasteiger partial charge < -0.3 is 20.3 Å². The summed E-state index contributed by atoms with van der Waals surface area (Å²) in [6.45, 7) is 2.57. The van der Waals surface area contributed by atoms with Gasteiger partial charge in [-0.25, -0.2) is 9.37 Å². The molecule has 4 aromatic rings. The van der Waals surface area contributed by atoms with E-state index in [-0.39, 0.29) is 31.0 Å². The number of aliphatic hydroxyl groups excluding tert-OH is 2. The fraction of sp³-hybridized carbons (Fsp3) is 0.423. The minimum absolute atomic E-state index is 0.0556. The highest BCUT2D eigenvalue weighted by atomic mass is 19.2. The zero-order valence-corrected chi connectivity index (χ0v) is 20.5. The number of nitrogens with zero attached hydrogens (tertiary/aromatic N) is 5. The maximum Gasteiger partial charge on any atom is 0.200 e. The quantitative estimate of drug-likeness (QED) is 0.312. The lowest BCUT2D eigenvalue weighted by Crippen LogP contribution is -2.26. The maximum atomic E-state index is 14.1. The zero-order valence-electron chi connectivity index (χ0n) is 20.5. The van der Waals surface area contributed by atoms with E-state index in [4.69, 9.17) is 14.9 Å². The molecule has 0 bridgehead atoms. The molecule has 196 valence electrons. The average Bonchev–Trinajstić information content (AvgIpc) is 3.52. The van der Waals surface area contributed by atoms with Crippen molar-refractivity contribution < 1.29 is 23.7 Å². The molecule has 0 spiro atoms. The number of fused-ring (bicyclic) bond motifs is 1. The van der Waals surface area contributed by atoms with Crippen LogP contribution in [0.3, 0.4) is 0 Å². The minimum atomic E-state index is -0.956. The van der Waals surface area contributed by atoms with Gasteiger partial charge in [-0.05, 0) is 44.7 Å². The number of nitrogens with one attached hydrogen (secondary N) is 1. The predicted octanol–water partition coefficient (Wildman–Crippen LogP) is 3.92. The fourth-order valence-electron chi connectivity index (χ4n) is 4.82. The first-order valence-electron chi connectivity index (χ1n) is 12.5. The van der Waals surface area contributed by atoms with Gasteiger partial charge in [-0.2, -0.15) is 14.6 Å². The molecule has 1 aliphatic rings. The molecule has 0 radical (unpaired) electrons. The monoisotopic (exact) mass is 512 g/mol. The summed E-state index contributed by atoms with van der Waals surface area (Å²) in [5.41, 5.74) is 2.45. The van der Waals surface area contributed by atoms with Crippen molar-refractivity contribution in [1.29, 1.82) is 0 Å². The number of halogens is 2. The Kier molecular flexibility index (Phi) is 7.33. The highest BCUT2D eigenvalue weighted by Crippen LogP contribution is 2.37. The fourth-order valence-corrected chi connectivity index (χ4v) is 4.82. The Morgan fingerprint density at radius 2 is 2.00 bits per heavy atom. The van der Waals surface area contributed by atoms with Crippen LogP contribution in [0.5, 0.6) is 5.75 Å². The highest BCUT2D eigenvalue weighted by Gasteiger charge is 2.28. The van der Waals surface area contributed by atoms with Gasteiger partial charge in [0.15, 0.2) is 11.6 Å². The molecule has 1 aliphatic carbocycles. The van der Waals surface area contributed by atoms with Crippen molar-refractivity contribution in [2.75, 3.05) is 18.5 Å². The lowest BCUT2D eigenvalue weighted by atomic mass is 9.93. The normalized spacial score (nSPS) is 18.7. The summed E-state index contributed by atoms with van der Waals surface area (Å²) in [7, 11) is 0. The summed E-state index contributed by atoms with van der Waals surface area (Å²) in [5, 5.41) is 32.3. The van der Waals surface area contributed by atoms with Crippen LogP contribution in [0.2, 0.25) is 0 Å². The van der Waals surface area contributed by atoms with E-state index in [9.17, 15) is 13.9 Å². The van der Waals surface area contributed by atoms with E-state index >= 15 is 0 Å². The van der Waals surface area contributed by atoms with E-state index in [2.05, 4.69) is 15.4 Å². The van der Waals surface area contributed by atoms with Crippen LogP contribution in [0, 0.1) is 11.6 Å². The van der Waals surface area contributed by atoms with Crippen molar-refractivity contribution in [2.45, 2.75) is 57.4 Å². The minimum Gasteiger partial charge on any atom is -0.487 e. The number of aromatic nitrogens is 5. The molecule has 11 heteroatoms. The Morgan fingerprint density at radius 1 is 1.19 bits per heavy atom. The first-order valence-corrected chi connectivity index (χ1v) is 12.5. The molecule has 0 aliphatic heterocycles. The Labute approximate surface area is 212 Å². The van der Waals surface area contributed by atoms with Crippen LogP contribution in [-0.2, 0) is 6.54 Å².